The molecule has 0 spiro atoms. The van der Waals surface area contributed by atoms with Crippen molar-refractivity contribution < 1.29 is 4.79 Å². The number of hydrogen-bond acceptors (Lipinski definition) is 2. The van der Waals surface area contributed by atoms with Gasteiger partial charge in [-0.3, -0.25) is 4.79 Å². The molecule has 1 amide bonds. The van der Waals surface area contributed by atoms with Gasteiger partial charge in [0.1, 0.15) is 5.82 Å². The molecule has 21 heavy (non-hydrogen) atoms. The molecule has 0 aliphatic heterocycles. The molecular formula is C16H16ClN3O. The summed E-state index contributed by atoms with van der Waals surface area (Å²) in [5.74, 6) is 5.40. The summed E-state index contributed by atoms with van der Waals surface area (Å²) in [7, 11) is 0. The van der Waals surface area contributed by atoms with Crippen molar-refractivity contribution >= 4 is 17.5 Å². The highest BCUT2D eigenvalue weighted by Gasteiger charge is 2.15. The van der Waals surface area contributed by atoms with Crippen LogP contribution in [0.5, 0.6) is 0 Å². The average Bonchev–Trinajstić information content (AvgIpc) is 2.82. The van der Waals surface area contributed by atoms with Crippen LogP contribution in [0.25, 0.3) is 11.3 Å². The highest BCUT2D eigenvalue weighted by atomic mass is 35.5. The minimum Gasteiger partial charge on any atom is -0.344 e. The van der Waals surface area contributed by atoms with Crippen molar-refractivity contribution in [2.24, 2.45) is 0 Å². The highest BCUT2D eigenvalue weighted by Crippen LogP contribution is 2.24. The van der Waals surface area contributed by atoms with E-state index in [1.165, 1.54) is 0 Å². The van der Waals surface area contributed by atoms with Crippen molar-refractivity contribution in [1.82, 2.24) is 15.3 Å². The number of aryl methyl sites for hydroxylation is 1. The van der Waals surface area contributed by atoms with Gasteiger partial charge < -0.3 is 10.3 Å². The standard InChI is InChI=1S/C16H16ClN3O/c1-4-5-14(21)18-11(3)16-19-10(2)15(20-16)12-6-8-13(17)9-7-12/h6-9,11H,1-3H3,(H,18,21)(H,19,20). The van der Waals surface area contributed by atoms with Gasteiger partial charge in [0.25, 0.3) is 5.91 Å². The van der Waals surface area contributed by atoms with E-state index < -0.39 is 0 Å². The topological polar surface area (TPSA) is 57.8 Å². The number of carbonyl (C=O) groups is 1. The first-order chi connectivity index (χ1) is 10.0. The molecule has 108 valence electrons. The first kappa shape index (κ1) is 15.1. The van der Waals surface area contributed by atoms with Crippen LogP contribution in [0.4, 0.5) is 0 Å². The summed E-state index contributed by atoms with van der Waals surface area (Å²) in [6, 6.07) is 7.25. The number of aromatic nitrogens is 2. The van der Waals surface area contributed by atoms with E-state index in [1.54, 1.807) is 6.92 Å². The zero-order chi connectivity index (χ0) is 15.4. The van der Waals surface area contributed by atoms with Crippen LogP contribution in [-0.2, 0) is 4.79 Å². The number of aromatic amines is 1. The number of halogens is 1. The predicted octanol–water partition coefficient (Wildman–Crippen LogP) is 3.24. The Hall–Kier alpha value is -2.25. The number of H-pyrrole nitrogens is 1. The van der Waals surface area contributed by atoms with Gasteiger partial charge in [-0.25, -0.2) is 4.98 Å². The van der Waals surface area contributed by atoms with Crippen molar-refractivity contribution in [2.75, 3.05) is 0 Å². The van der Waals surface area contributed by atoms with E-state index >= 15 is 0 Å². The summed E-state index contributed by atoms with van der Waals surface area (Å²) in [6.07, 6.45) is 0. The summed E-state index contributed by atoms with van der Waals surface area (Å²) in [5.41, 5.74) is 2.77. The number of nitrogens with one attached hydrogen (secondary N) is 2. The van der Waals surface area contributed by atoms with Crippen LogP contribution < -0.4 is 5.32 Å². The Balaban J connectivity index is 2.24. The second-order valence-electron chi connectivity index (χ2n) is 4.67. The number of nitrogens with zero attached hydrogens (tertiary/aromatic N) is 1. The Morgan fingerprint density at radius 2 is 2.05 bits per heavy atom. The van der Waals surface area contributed by atoms with Gasteiger partial charge in [-0.15, -0.1) is 0 Å². The maximum atomic E-state index is 11.5. The molecule has 0 bridgehead atoms. The van der Waals surface area contributed by atoms with E-state index in [2.05, 4.69) is 27.1 Å². The third-order valence-electron chi connectivity index (χ3n) is 3.02. The minimum absolute atomic E-state index is 0.238. The largest absolute Gasteiger partial charge is 0.344 e. The molecule has 2 N–H and O–H groups in total. The third-order valence-corrected chi connectivity index (χ3v) is 3.27. The highest BCUT2D eigenvalue weighted by molar-refractivity contribution is 6.30. The number of hydrogen-bond donors (Lipinski definition) is 2. The van der Waals surface area contributed by atoms with Crippen molar-refractivity contribution in [3.05, 3.63) is 40.8 Å². The van der Waals surface area contributed by atoms with Crippen molar-refractivity contribution in [2.45, 2.75) is 26.8 Å². The third kappa shape index (κ3) is 3.65. The second kappa shape index (κ2) is 6.47. The summed E-state index contributed by atoms with van der Waals surface area (Å²) in [6.45, 7) is 5.43. The lowest BCUT2D eigenvalue weighted by atomic mass is 10.1. The molecule has 4 nitrogen and oxygen atoms in total. The lowest BCUT2D eigenvalue weighted by Gasteiger charge is -2.08. The van der Waals surface area contributed by atoms with Gasteiger partial charge in [-0.2, -0.15) is 0 Å². The fourth-order valence-electron chi connectivity index (χ4n) is 1.99. The fraction of sp³-hybridized carbons (Fsp3) is 0.250. The normalized spacial score (nSPS) is 11.4. The Kier molecular flexibility index (Phi) is 4.66. The molecular weight excluding hydrogens is 286 g/mol. The first-order valence-electron chi connectivity index (χ1n) is 6.57. The van der Waals surface area contributed by atoms with Gasteiger partial charge in [0, 0.05) is 16.3 Å². The van der Waals surface area contributed by atoms with Crippen molar-refractivity contribution in [3.8, 4) is 23.1 Å². The monoisotopic (exact) mass is 301 g/mol. The molecule has 1 aromatic carbocycles. The molecule has 1 atom stereocenters. The molecule has 0 saturated carbocycles. The summed E-state index contributed by atoms with van der Waals surface area (Å²) < 4.78 is 0. The van der Waals surface area contributed by atoms with Crippen LogP contribution in [0.1, 0.15) is 31.4 Å². The lowest BCUT2D eigenvalue weighted by Crippen LogP contribution is -2.25. The van der Waals surface area contributed by atoms with Crippen LogP contribution in [0.2, 0.25) is 5.02 Å². The molecule has 0 fully saturated rings. The molecule has 2 rings (SSSR count). The zero-order valence-electron chi connectivity index (χ0n) is 12.1. The summed E-state index contributed by atoms with van der Waals surface area (Å²) in [4.78, 5) is 19.2. The summed E-state index contributed by atoms with van der Waals surface area (Å²) in [5, 5.41) is 3.46. The van der Waals surface area contributed by atoms with E-state index in [4.69, 9.17) is 11.6 Å². The fourth-order valence-corrected chi connectivity index (χ4v) is 2.12. The van der Waals surface area contributed by atoms with Crippen LogP contribution in [-0.4, -0.2) is 15.9 Å². The second-order valence-corrected chi connectivity index (χ2v) is 5.11. The molecule has 0 aliphatic rings. The van der Waals surface area contributed by atoms with Gasteiger partial charge in [0.05, 0.1) is 11.7 Å². The Morgan fingerprint density at radius 3 is 2.67 bits per heavy atom. The van der Waals surface area contributed by atoms with Gasteiger partial charge in [0.15, 0.2) is 0 Å². The quantitative estimate of drug-likeness (QED) is 0.855. The van der Waals surface area contributed by atoms with Crippen molar-refractivity contribution in [3.63, 3.8) is 0 Å². The van der Waals surface area contributed by atoms with E-state index in [-0.39, 0.29) is 11.9 Å². The molecule has 1 heterocycles. The Labute approximate surface area is 128 Å². The lowest BCUT2D eigenvalue weighted by molar-refractivity contribution is -0.116. The maximum Gasteiger partial charge on any atom is 0.296 e. The van der Waals surface area contributed by atoms with Crippen LogP contribution in [0, 0.1) is 18.8 Å². The number of rotatable bonds is 3. The van der Waals surface area contributed by atoms with Gasteiger partial charge >= 0.3 is 0 Å². The van der Waals surface area contributed by atoms with Crippen LogP contribution in [0.15, 0.2) is 24.3 Å². The molecule has 2 aromatic rings. The van der Waals surface area contributed by atoms with E-state index in [9.17, 15) is 4.79 Å². The molecule has 0 radical (unpaired) electrons. The SMILES string of the molecule is CC#CC(=O)NC(C)c1nc(-c2ccc(Cl)cc2)c(C)[nH]1. The van der Waals surface area contributed by atoms with Gasteiger partial charge in [0.2, 0.25) is 0 Å². The zero-order valence-corrected chi connectivity index (χ0v) is 12.9. The predicted molar refractivity (Wildman–Crippen MR) is 83.8 cm³/mol. The average molecular weight is 302 g/mol. The Bertz CT molecular complexity index is 707. The number of benzene rings is 1. The summed E-state index contributed by atoms with van der Waals surface area (Å²) >= 11 is 5.89. The van der Waals surface area contributed by atoms with E-state index in [1.807, 2.05) is 38.1 Å². The number of amides is 1. The number of carbonyl (C=O) groups excluding carboxylic acids is 1. The molecule has 0 saturated heterocycles. The molecule has 0 aliphatic carbocycles. The van der Waals surface area contributed by atoms with E-state index in [0.717, 1.165) is 17.0 Å². The smallest absolute Gasteiger partial charge is 0.296 e. The van der Waals surface area contributed by atoms with Gasteiger partial charge in [-0.05, 0) is 38.8 Å². The molecule has 1 aromatic heterocycles. The van der Waals surface area contributed by atoms with Crippen LogP contribution in [0.3, 0.4) is 0 Å². The Morgan fingerprint density at radius 1 is 1.38 bits per heavy atom. The maximum absolute atomic E-state index is 11.5. The van der Waals surface area contributed by atoms with Crippen LogP contribution >= 0.6 is 11.6 Å². The molecule has 1 unspecified atom stereocenters. The molecule has 5 heteroatoms. The van der Waals surface area contributed by atoms with E-state index in [0.29, 0.717) is 10.8 Å². The minimum atomic E-state index is -0.313. The first-order valence-corrected chi connectivity index (χ1v) is 6.94. The van der Waals surface area contributed by atoms with Crippen molar-refractivity contribution in [1.29, 1.82) is 0 Å². The van der Waals surface area contributed by atoms with Gasteiger partial charge in [-0.1, -0.05) is 29.7 Å². The number of imidazole rings is 1.